The molecule has 208 valence electrons. The fourth-order valence-electron chi connectivity index (χ4n) is 4.89. The minimum absolute atomic E-state index is 0.0871. The van der Waals surface area contributed by atoms with E-state index < -0.39 is 16.1 Å². The van der Waals surface area contributed by atoms with Gasteiger partial charge in [0.1, 0.15) is 11.8 Å². The number of carbonyl (C=O) groups excluding carboxylic acids is 2. The molecule has 0 radical (unpaired) electrons. The quantitative estimate of drug-likeness (QED) is 0.379. The number of sulfonamides is 1. The first-order valence-electron chi connectivity index (χ1n) is 13.1. The van der Waals surface area contributed by atoms with Crippen molar-refractivity contribution in [2.75, 3.05) is 24.2 Å². The lowest BCUT2D eigenvalue weighted by Gasteiger charge is -2.32. The van der Waals surface area contributed by atoms with Crippen LogP contribution in [-0.4, -0.2) is 57.1 Å². The maximum atomic E-state index is 13.6. The van der Waals surface area contributed by atoms with Crippen molar-refractivity contribution in [1.82, 2.24) is 10.2 Å². The molecular formula is C28H38ClN3O5S. The molecule has 0 spiro atoms. The summed E-state index contributed by atoms with van der Waals surface area (Å²) in [7, 11) is -2.00. The smallest absolute Gasteiger partial charge is 0.243 e. The van der Waals surface area contributed by atoms with E-state index in [0.717, 1.165) is 37.5 Å². The van der Waals surface area contributed by atoms with Crippen LogP contribution in [0.25, 0.3) is 0 Å². The van der Waals surface area contributed by atoms with Crippen LogP contribution in [0.4, 0.5) is 5.69 Å². The molecule has 1 saturated carbocycles. The lowest BCUT2D eigenvalue weighted by Crippen LogP contribution is -2.51. The number of ether oxygens (including phenoxy) is 1. The summed E-state index contributed by atoms with van der Waals surface area (Å²) in [6.07, 6.45) is 6.07. The van der Waals surface area contributed by atoms with E-state index in [-0.39, 0.29) is 43.8 Å². The lowest BCUT2D eigenvalue weighted by atomic mass is 10.1. The lowest BCUT2D eigenvalue weighted by molar-refractivity contribution is -0.141. The van der Waals surface area contributed by atoms with E-state index in [4.69, 9.17) is 16.3 Å². The van der Waals surface area contributed by atoms with E-state index in [2.05, 4.69) is 5.32 Å². The highest BCUT2D eigenvalue weighted by Crippen LogP contribution is 2.24. The van der Waals surface area contributed by atoms with Gasteiger partial charge in [0.2, 0.25) is 21.8 Å². The van der Waals surface area contributed by atoms with E-state index >= 15 is 0 Å². The van der Waals surface area contributed by atoms with Gasteiger partial charge in [0.25, 0.3) is 0 Å². The summed E-state index contributed by atoms with van der Waals surface area (Å²) in [5.74, 6) is 0.316. The van der Waals surface area contributed by atoms with E-state index in [9.17, 15) is 18.0 Å². The fourth-order valence-corrected chi connectivity index (χ4v) is 6.03. The van der Waals surface area contributed by atoms with Gasteiger partial charge in [0.15, 0.2) is 0 Å². The van der Waals surface area contributed by atoms with Crippen LogP contribution < -0.4 is 14.4 Å². The predicted molar refractivity (Wildman–Crippen MR) is 151 cm³/mol. The zero-order valence-corrected chi connectivity index (χ0v) is 23.9. The molecule has 0 saturated heterocycles. The van der Waals surface area contributed by atoms with E-state index in [1.165, 1.54) is 4.31 Å². The standard InChI is InChI=1S/C28H38ClN3O5S/c1-4-26(28(34)30-23-12-5-6-13-23)31(20-21-10-7-15-25(18-21)37-2)27(33)16-9-17-32(38(3,35)36)24-14-8-11-22(29)19-24/h7-8,10-11,14-15,18-19,23,26H,4-6,9,12-13,16-17,20H2,1-3H3,(H,30,34)/t26-/m1/s1. The average Bonchev–Trinajstić information content (AvgIpc) is 3.38. The van der Waals surface area contributed by atoms with Crippen molar-refractivity contribution in [3.05, 3.63) is 59.1 Å². The Morgan fingerprint density at radius 3 is 2.47 bits per heavy atom. The van der Waals surface area contributed by atoms with Crippen LogP contribution in [0.2, 0.25) is 5.02 Å². The molecule has 10 heteroatoms. The summed E-state index contributed by atoms with van der Waals surface area (Å²) in [6, 6.07) is 13.6. The fraction of sp³-hybridized carbons (Fsp3) is 0.500. The SMILES string of the molecule is CC[C@H](C(=O)NC1CCCC1)N(Cc1cccc(OC)c1)C(=O)CCCN(c1cccc(Cl)c1)S(C)(=O)=O. The molecule has 1 atom stereocenters. The second-order valence-corrected chi connectivity index (χ2v) is 12.0. The van der Waals surface area contributed by atoms with Crippen LogP contribution in [0.1, 0.15) is 57.4 Å². The van der Waals surface area contributed by atoms with Gasteiger partial charge in [-0.05, 0) is 61.6 Å². The maximum absolute atomic E-state index is 13.6. The van der Waals surface area contributed by atoms with Crippen molar-refractivity contribution in [2.45, 2.75) is 70.5 Å². The van der Waals surface area contributed by atoms with Crippen LogP contribution in [0, 0.1) is 0 Å². The summed E-state index contributed by atoms with van der Waals surface area (Å²) in [6.45, 7) is 2.26. The predicted octanol–water partition coefficient (Wildman–Crippen LogP) is 4.76. The van der Waals surface area contributed by atoms with Crippen molar-refractivity contribution in [3.8, 4) is 5.75 Å². The Bertz CT molecular complexity index is 1200. The minimum atomic E-state index is -3.59. The van der Waals surface area contributed by atoms with Crippen molar-refractivity contribution in [1.29, 1.82) is 0 Å². The van der Waals surface area contributed by atoms with E-state index in [1.807, 2.05) is 31.2 Å². The van der Waals surface area contributed by atoms with Crippen LogP contribution in [0.15, 0.2) is 48.5 Å². The largest absolute Gasteiger partial charge is 0.497 e. The zero-order chi connectivity index (χ0) is 27.7. The summed E-state index contributed by atoms with van der Waals surface area (Å²) >= 11 is 6.08. The number of amides is 2. The Morgan fingerprint density at radius 1 is 1.13 bits per heavy atom. The summed E-state index contributed by atoms with van der Waals surface area (Å²) in [4.78, 5) is 28.5. The number of hydrogen-bond acceptors (Lipinski definition) is 5. The topological polar surface area (TPSA) is 96.0 Å². The second kappa shape index (κ2) is 13.8. The van der Waals surface area contributed by atoms with Crippen molar-refractivity contribution < 1.29 is 22.7 Å². The first-order chi connectivity index (χ1) is 18.1. The van der Waals surface area contributed by atoms with Crippen LogP contribution in [0.3, 0.4) is 0 Å². The highest BCUT2D eigenvalue weighted by Gasteiger charge is 2.30. The molecular weight excluding hydrogens is 526 g/mol. The van der Waals surface area contributed by atoms with Crippen molar-refractivity contribution >= 4 is 39.1 Å². The van der Waals surface area contributed by atoms with Gasteiger partial charge in [-0.25, -0.2) is 8.42 Å². The number of rotatable bonds is 13. The Kier molecular flexibility index (Phi) is 10.8. The number of nitrogens with one attached hydrogen (secondary N) is 1. The number of hydrogen-bond donors (Lipinski definition) is 1. The van der Waals surface area contributed by atoms with Crippen LogP contribution >= 0.6 is 11.6 Å². The number of anilines is 1. The van der Waals surface area contributed by atoms with Crippen LogP contribution in [0.5, 0.6) is 5.75 Å². The van der Waals surface area contributed by atoms with Crippen molar-refractivity contribution in [2.24, 2.45) is 0 Å². The summed E-state index contributed by atoms with van der Waals surface area (Å²) < 4.78 is 31.6. The highest BCUT2D eigenvalue weighted by atomic mass is 35.5. The number of halogens is 1. The summed E-state index contributed by atoms with van der Waals surface area (Å²) in [5.41, 5.74) is 1.30. The zero-order valence-electron chi connectivity index (χ0n) is 22.4. The molecule has 0 aromatic heterocycles. The molecule has 0 unspecified atom stereocenters. The third kappa shape index (κ3) is 8.36. The minimum Gasteiger partial charge on any atom is -0.497 e. The highest BCUT2D eigenvalue weighted by molar-refractivity contribution is 7.92. The van der Waals surface area contributed by atoms with Gasteiger partial charge in [0.05, 0.1) is 19.1 Å². The van der Waals surface area contributed by atoms with Gasteiger partial charge >= 0.3 is 0 Å². The number of nitrogens with zero attached hydrogens (tertiary/aromatic N) is 2. The van der Waals surface area contributed by atoms with Gasteiger partial charge in [-0.1, -0.05) is 49.6 Å². The Morgan fingerprint density at radius 2 is 1.84 bits per heavy atom. The molecule has 3 rings (SSSR count). The van der Waals surface area contributed by atoms with Crippen molar-refractivity contribution in [3.63, 3.8) is 0 Å². The average molecular weight is 564 g/mol. The molecule has 0 aliphatic heterocycles. The Labute approximate surface area is 231 Å². The molecule has 2 aromatic carbocycles. The first-order valence-corrected chi connectivity index (χ1v) is 15.3. The van der Waals surface area contributed by atoms with Gasteiger partial charge in [-0.2, -0.15) is 0 Å². The third-order valence-corrected chi connectivity index (χ3v) is 8.25. The molecule has 8 nitrogen and oxygen atoms in total. The molecule has 1 fully saturated rings. The number of methoxy groups -OCH3 is 1. The molecule has 2 amide bonds. The normalized spacial score (nSPS) is 14.6. The van der Waals surface area contributed by atoms with Gasteiger partial charge in [-0.3, -0.25) is 13.9 Å². The molecule has 2 aromatic rings. The van der Waals surface area contributed by atoms with E-state index in [1.54, 1.807) is 36.3 Å². The van der Waals surface area contributed by atoms with Gasteiger partial charge in [-0.15, -0.1) is 0 Å². The maximum Gasteiger partial charge on any atom is 0.243 e. The number of benzene rings is 2. The molecule has 1 aliphatic carbocycles. The first kappa shape index (κ1) is 29.8. The van der Waals surface area contributed by atoms with Crippen LogP contribution in [-0.2, 0) is 26.2 Å². The monoisotopic (exact) mass is 563 g/mol. The molecule has 38 heavy (non-hydrogen) atoms. The Hall–Kier alpha value is -2.78. The molecule has 0 heterocycles. The molecule has 1 N–H and O–H groups in total. The van der Waals surface area contributed by atoms with E-state index in [0.29, 0.717) is 22.9 Å². The summed E-state index contributed by atoms with van der Waals surface area (Å²) in [5, 5.41) is 3.56. The van der Waals surface area contributed by atoms with Gasteiger partial charge < -0.3 is 15.0 Å². The third-order valence-electron chi connectivity index (χ3n) is 6.82. The second-order valence-electron chi connectivity index (χ2n) is 9.71. The molecule has 1 aliphatic rings. The number of carbonyl (C=O) groups is 2. The molecule has 0 bridgehead atoms. The van der Waals surface area contributed by atoms with Gasteiger partial charge in [0, 0.05) is 30.6 Å². The Balaban J connectivity index is 1.77.